The molecule has 2 aromatic rings. The Hall–Kier alpha value is -1.91. The summed E-state index contributed by atoms with van der Waals surface area (Å²) in [7, 11) is 1.86. The van der Waals surface area contributed by atoms with Crippen LogP contribution in [0.3, 0.4) is 0 Å². The normalized spacial score (nSPS) is 23.1. The van der Waals surface area contributed by atoms with Gasteiger partial charge in [0, 0.05) is 13.0 Å². The predicted molar refractivity (Wildman–Crippen MR) is 68.4 cm³/mol. The van der Waals surface area contributed by atoms with Gasteiger partial charge in [-0.2, -0.15) is 0 Å². The first-order chi connectivity index (χ1) is 9.08. The molecule has 1 aromatic heterocycles. The van der Waals surface area contributed by atoms with Crippen molar-refractivity contribution in [3.05, 3.63) is 29.8 Å². The van der Waals surface area contributed by atoms with Gasteiger partial charge in [-0.25, -0.2) is 9.37 Å². The summed E-state index contributed by atoms with van der Waals surface area (Å²) in [4.78, 5) is 15.4. The maximum atomic E-state index is 13.7. The Morgan fingerprint density at radius 3 is 2.89 bits per heavy atom. The summed E-state index contributed by atoms with van der Waals surface area (Å²) in [6.07, 6.45) is 2.07. The lowest BCUT2D eigenvalue weighted by Gasteiger charge is -2.09. The molecule has 0 bridgehead atoms. The van der Waals surface area contributed by atoms with Crippen molar-refractivity contribution in [1.29, 1.82) is 0 Å². The van der Waals surface area contributed by atoms with E-state index in [0.717, 1.165) is 17.8 Å². The second kappa shape index (κ2) is 4.33. The number of hydrogen-bond acceptors (Lipinski definition) is 2. The molecule has 4 nitrogen and oxygen atoms in total. The van der Waals surface area contributed by atoms with Crippen LogP contribution in [0.15, 0.2) is 18.2 Å². The maximum Gasteiger partial charge on any atom is 0.306 e. The van der Waals surface area contributed by atoms with Crippen LogP contribution in [0.2, 0.25) is 0 Å². The number of para-hydroxylation sites is 1. The van der Waals surface area contributed by atoms with E-state index >= 15 is 0 Å². The zero-order valence-corrected chi connectivity index (χ0v) is 10.6. The highest BCUT2D eigenvalue weighted by molar-refractivity contribution is 5.77. The molecule has 1 fully saturated rings. The third-order valence-corrected chi connectivity index (χ3v) is 4.04. The van der Waals surface area contributed by atoms with Crippen LogP contribution < -0.4 is 0 Å². The number of benzene rings is 1. The van der Waals surface area contributed by atoms with Crippen LogP contribution >= 0.6 is 0 Å². The molecule has 0 aliphatic heterocycles. The van der Waals surface area contributed by atoms with Crippen LogP contribution in [0.5, 0.6) is 0 Å². The highest BCUT2D eigenvalue weighted by Crippen LogP contribution is 2.38. The average molecular weight is 262 g/mol. The highest BCUT2D eigenvalue weighted by Gasteiger charge is 2.33. The molecule has 0 saturated heterocycles. The van der Waals surface area contributed by atoms with Crippen LogP contribution in [0.1, 0.15) is 31.0 Å². The summed E-state index contributed by atoms with van der Waals surface area (Å²) in [6.45, 7) is 0. The number of hydrogen-bond donors (Lipinski definition) is 1. The van der Waals surface area contributed by atoms with Crippen LogP contribution in [0.4, 0.5) is 4.39 Å². The number of aliphatic carboxylic acids is 1. The number of carbonyl (C=O) groups is 1. The lowest BCUT2D eigenvalue weighted by molar-refractivity contribution is -0.141. The number of aryl methyl sites for hydroxylation is 1. The fraction of sp³-hybridized carbons (Fsp3) is 0.429. The van der Waals surface area contributed by atoms with Gasteiger partial charge < -0.3 is 9.67 Å². The van der Waals surface area contributed by atoms with Gasteiger partial charge in [-0.1, -0.05) is 6.07 Å². The standard InChI is InChI=1S/C14H15FN2O2/c1-17-11-4-2-3-10(15)12(11)16-13(17)8-5-6-9(7-8)14(18)19/h2-4,8-9H,5-7H2,1H3,(H,18,19). The Bertz CT molecular complexity index is 650. The molecular weight excluding hydrogens is 247 g/mol. The minimum atomic E-state index is -0.743. The van der Waals surface area contributed by atoms with E-state index < -0.39 is 5.97 Å². The third-order valence-electron chi connectivity index (χ3n) is 4.04. The molecule has 100 valence electrons. The largest absolute Gasteiger partial charge is 0.481 e. The zero-order valence-electron chi connectivity index (χ0n) is 10.6. The van der Waals surface area contributed by atoms with Gasteiger partial charge in [-0.3, -0.25) is 4.79 Å². The Morgan fingerprint density at radius 1 is 1.47 bits per heavy atom. The molecule has 1 N–H and O–H groups in total. The summed E-state index contributed by atoms with van der Waals surface area (Å²) < 4.78 is 15.6. The molecule has 19 heavy (non-hydrogen) atoms. The van der Waals surface area contributed by atoms with Gasteiger partial charge in [0.15, 0.2) is 5.82 Å². The topological polar surface area (TPSA) is 55.1 Å². The van der Waals surface area contributed by atoms with Crippen molar-refractivity contribution < 1.29 is 14.3 Å². The van der Waals surface area contributed by atoms with Crippen molar-refractivity contribution in [3.63, 3.8) is 0 Å². The molecule has 0 spiro atoms. The van der Waals surface area contributed by atoms with E-state index in [4.69, 9.17) is 5.11 Å². The van der Waals surface area contributed by atoms with Crippen molar-refractivity contribution >= 4 is 17.0 Å². The smallest absolute Gasteiger partial charge is 0.306 e. The molecule has 0 radical (unpaired) electrons. The number of rotatable bonds is 2. The van der Waals surface area contributed by atoms with Crippen LogP contribution in [0.25, 0.3) is 11.0 Å². The van der Waals surface area contributed by atoms with Crippen molar-refractivity contribution in [2.75, 3.05) is 0 Å². The molecule has 1 heterocycles. The summed E-state index contributed by atoms with van der Waals surface area (Å²) >= 11 is 0. The number of carboxylic acids is 1. The van der Waals surface area contributed by atoms with Crippen molar-refractivity contribution in [3.8, 4) is 0 Å². The van der Waals surface area contributed by atoms with E-state index in [1.165, 1.54) is 6.07 Å². The van der Waals surface area contributed by atoms with Gasteiger partial charge in [-0.05, 0) is 31.4 Å². The van der Waals surface area contributed by atoms with Crippen LogP contribution in [-0.4, -0.2) is 20.6 Å². The van der Waals surface area contributed by atoms with Crippen molar-refractivity contribution in [2.24, 2.45) is 13.0 Å². The Morgan fingerprint density at radius 2 is 2.26 bits per heavy atom. The predicted octanol–water partition coefficient (Wildman–Crippen LogP) is 2.68. The molecule has 5 heteroatoms. The van der Waals surface area contributed by atoms with E-state index in [9.17, 15) is 9.18 Å². The monoisotopic (exact) mass is 262 g/mol. The number of imidazole rings is 1. The Balaban J connectivity index is 2.00. The first-order valence-corrected chi connectivity index (χ1v) is 6.41. The van der Waals surface area contributed by atoms with Crippen LogP contribution in [-0.2, 0) is 11.8 Å². The van der Waals surface area contributed by atoms with Gasteiger partial charge in [0.1, 0.15) is 11.3 Å². The number of nitrogens with zero attached hydrogens (tertiary/aromatic N) is 2. The Kier molecular flexibility index (Phi) is 2.77. The molecule has 1 aromatic carbocycles. The minimum Gasteiger partial charge on any atom is -0.481 e. The van der Waals surface area contributed by atoms with Gasteiger partial charge in [0.2, 0.25) is 0 Å². The summed E-state index contributed by atoms with van der Waals surface area (Å²) in [5.74, 6) is -0.462. The molecule has 1 aliphatic carbocycles. The first kappa shape index (κ1) is 12.1. The lowest BCUT2D eigenvalue weighted by atomic mass is 10.0. The van der Waals surface area contributed by atoms with E-state index in [2.05, 4.69) is 4.98 Å². The van der Waals surface area contributed by atoms with E-state index in [0.29, 0.717) is 18.4 Å². The van der Waals surface area contributed by atoms with Gasteiger partial charge in [0.25, 0.3) is 0 Å². The first-order valence-electron chi connectivity index (χ1n) is 6.41. The fourth-order valence-corrected chi connectivity index (χ4v) is 3.00. The quantitative estimate of drug-likeness (QED) is 0.905. The average Bonchev–Trinajstić information content (AvgIpc) is 2.96. The van der Waals surface area contributed by atoms with E-state index in [1.54, 1.807) is 6.07 Å². The number of carboxylic acid groups (broad SMARTS) is 1. The molecular formula is C14H15FN2O2. The molecule has 2 unspecified atom stereocenters. The molecule has 0 amide bonds. The number of aromatic nitrogens is 2. The van der Waals surface area contributed by atoms with Gasteiger partial charge in [-0.15, -0.1) is 0 Å². The fourth-order valence-electron chi connectivity index (χ4n) is 3.00. The van der Waals surface area contributed by atoms with Gasteiger partial charge >= 0.3 is 5.97 Å². The summed E-state index contributed by atoms with van der Waals surface area (Å²) in [6, 6.07) is 4.89. The minimum absolute atomic E-state index is 0.109. The number of fused-ring (bicyclic) bond motifs is 1. The van der Waals surface area contributed by atoms with E-state index in [1.807, 2.05) is 17.7 Å². The van der Waals surface area contributed by atoms with Crippen molar-refractivity contribution in [2.45, 2.75) is 25.2 Å². The second-order valence-corrected chi connectivity index (χ2v) is 5.18. The summed E-state index contributed by atoms with van der Waals surface area (Å²) in [5, 5.41) is 9.04. The third kappa shape index (κ3) is 1.89. The zero-order chi connectivity index (χ0) is 13.6. The SMILES string of the molecule is Cn1c(C2CCC(C(=O)O)C2)nc2c(F)cccc21. The van der Waals surface area contributed by atoms with Gasteiger partial charge in [0.05, 0.1) is 11.4 Å². The Labute approximate surface area is 109 Å². The maximum absolute atomic E-state index is 13.7. The highest BCUT2D eigenvalue weighted by atomic mass is 19.1. The molecule has 3 rings (SSSR count). The number of halogens is 1. The lowest BCUT2D eigenvalue weighted by Crippen LogP contribution is -2.10. The van der Waals surface area contributed by atoms with Crippen molar-refractivity contribution in [1.82, 2.24) is 9.55 Å². The molecule has 1 aliphatic rings. The van der Waals surface area contributed by atoms with Crippen LogP contribution in [0, 0.1) is 11.7 Å². The summed E-state index contributed by atoms with van der Waals surface area (Å²) in [5.41, 5.74) is 1.13. The van der Waals surface area contributed by atoms with E-state index in [-0.39, 0.29) is 17.7 Å². The molecule has 1 saturated carbocycles. The second-order valence-electron chi connectivity index (χ2n) is 5.18. The molecule has 2 atom stereocenters.